The van der Waals surface area contributed by atoms with Crippen LogP contribution in [0.15, 0.2) is 34.9 Å². The fourth-order valence-electron chi connectivity index (χ4n) is 7.57. The molecular formula is C31H42O7. The van der Waals surface area contributed by atoms with E-state index in [1.165, 1.54) is 0 Å². The van der Waals surface area contributed by atoms with Gasteiger partial charge in [0.2, 0.25) is 5.78 Å². The van der Waals surface area contributed by atoms with E-state index in [-0.39, 0.29) is 31.0 Å². The van der Waals surface area contributed by atoms with Gasteiger partial charge in [-0.3, -0.25) is 19.2 Å². The van der Waals surface area contributed by atoms with E-state index in [1.807, 2.05) is 26.8 Å². The van der Waals surface area contributed by atoms with E-state index in [1.54, 1.807) is 12.2 Å². The lowest BCUT2D eigenvalue weighted by Gasteiger charge is -2.54. The van der Waals surface area contributed by atoms with Crippen molar-refractivity contribution < 1.29 is 33.8 Å². The highest BCUT2D eigenvalue weighted by molar-refractivity contribution is 6.01. The molecule has 0 saturated heterocycles. The topological polar surface area (TPSA) is 107 Å². The van der Waals surface area contributed by atoms with Gasteiger partial charge in [0, 0.05) is 23.7 Å². The predicted octanol–water partition coefficient (Wildman–Crippen LogP) is 5.10. The van der Waals surface area contributed by atoms with Crippen LogP contribution in [-0.2, 0) is 28.7 Å². The second kappa shape index (κ2) is 10.9. The Labute approximate surface area is 225 Å². The summed E-state index contributed by atoms with van der Waals surface area (Å²) in [6.45, 7) is 7.49. The first-order chi connectivity index (χ1) is 18.0. The van der Waals surface area contributed by atoms with Gasteiger partial charge in [-0.05, 0) is 75.5 Å². The molecule has 0 spiro atoms. The largest absolute Gasteiger partial charge is 0.457 e. The first-order valence-corrected chi connectivity index (χ1v) is 14.3. The third-order valence-electron chi connectivity index (χ3n) is 9.52. The number of esters is 2. The fourth-order valence-corrected chi connectivity index (χ4v) is 7.57. The zero-order valence-electron chi connectivity index (χ0n) is 23.3. The molecule has 0 radical (unpaired) electrons. The number of hydrogen-bond donors (Lipinski definition) is 1. The number of fused-ring (bicyclic) bond motifs is 4. The van der Waals surface area contributed by atoms with Gasteiger partial charge in [-0.15, -0.1) is 0 Å². The van der Waals surface area contributed by atoms with Crippen LogP contribution >= 0.6 is 0 Å². The Morgan fingerprint density at radius 2 is 1.82 bits per heavy atom. The molecule has 0 heterocycles. The Kier molecular flexibility index (Phi) is 8.17. The normalized spacial score (nSPS) is 33.7. The Balaban J connectivity index is 1.68. The summed E-state index contributed by atoms with van der Waals surface area (Å²) in [4.78, 5) is 51.1. The number of hydrogen-bond acceptors (Lipinski definition) is 7. The molecule has 1 fully saturated rings. The lowest BCUT2D eigenvalue weighted by atomic mass is 9.52. The van der Waals surface area contributed by atoms with Gasteiger partial charge >= 0.3 is 11.9 Å². The van der Waals surface area contributed by atoms with Crippen LogP contribution in [-0.4, -0.2) is 46.9 Å². The van der Waals surface area contributed by atoms with Gasteiger partial charge in [0.25, 0.3) is 0 Å². The van der Waals surface area contributed by atoms with Crippen molar-refractivity contribution in [1.82, 2.24) is 0 Å². The number of ketones is 2. The first-order valence-electron chi connectivity index (χ1n) is 14.3. The minimum atomic E-state index is -1.47. The number of carbonyl (C=O) groups is 4. The van der Waals surface area contributed by atoms with E-state index in [4.69, 9.17) is 9.47 Å². The molecule has 208 valence electrons. The van der Waals surface area contributed by atoms with Gasteiger partial charge in [-0.2, -0.15) is 0 Å². The van der Waals surface area contributed by atoms with E-state index in [9.17, 15) is 24.3 Å². The molecule has 4 aliphatic rings. The third kappa shape index (κ3) is 4.72. The number of rotatable bonds is 10. The molecule has 0 aliphatic heterocycles. The molecule has 1 N–H and O–H groups in total. The molecule has 4 aliphatic carbocycles. The zero-order valence-corrected chi connectivity index (χ0v) is 23.3. The van der Waals surface area contributed by atoms with Crippen molar-refractivity contribution in [3.8, 4) is 0 Å². The molecule has 0 aromatic heterocycles. The number of aliphatic hydroxyl groups excluding tert-OH is 1. The van der Waals surface area contributed by atoms with Crippen molar-refractivity contribution >= 4 is 23.5 Å². The maximum absolute atomic E-state index is 13.9. The number of ether oxygens (including phenoxy) is 2. The van der Waals surface area contributed by atoms with Crippen LogP contribution < -0.4 is 0 Å². The number of unbranched alkanes of at least 4 members (excludes halogenated alkanes) is 2. The highest BCUT2D eigenvalue weighted by Crippen LogP contribution is 2.65. The van der Waals surface area contributed by atoms with Crippen LogP contribution in [0.25, 0.3) is 0 Å². The van der Waals surface area contributed by atoms with Gasteiger partial charge in [-0.25, -0.2) is 0 Å². The lowest BCUT2D eigenvalue weighted by molar-refractivity contribution is -0.187. The van der Waals surface area contributed by atoms with Crippen molar-refractivity contribution in [2.75, 3.05) is 6.61 Å². The molecular weight excluding hydrogens is 484 g/mol. The van der Waals surface area contributed by atoms with Gasteiger partial charge < -0.3 is 14.6 Å². The van der Waals surface area contributed by atoms with E-state index < -0.39 is 46.9 Å². The fraction of sp³-hybridized carbons (Fsp3) is 0.677. The molecule has 4 rings (SSSR count). The zero-order chi connectivity index (χ0) is 27.7. The summed E-state index contributed by atoms with van der Waals surface area (Å²) in [7, 11) is 0. The van der Waals surface area contributed by atoms with Gasteiger partial charge in [-0.1, -0.05) is 50.8 Å². The van der Waals surface area contributed by atoms with Crippen LogP contribution in [0.1, 0.15) is 98.3 Å². The summed E-state index contributed by atoms with van der Waals surface area (Å²) >= 11 is 0. The van der Waals surface area contributed by atoms with Crippen molar-refractivity contribution in [1.29, 1.82) is 0 Å². The number of allylic oxidation sites excluding steroid dienone is 5. The Morgan fingerprint density at radius 1 is 1.05 bits per heavy atom. The first kappa shape index (κ1) is 28.5. The van der Waals surface area contributed by atoms with E-state index in [2.05, 4.69) is 6.92 Å². The van der Waals surface area contributed by atoms with E-state index in [0.717, 1.165) is 29.6 Å². The van der Waals surface area contributed by atoms with Crippen molar-refractivity contribution in [3.63, 3.8) is 0 Å². The highest BCUT2D eigenvalue weighted by Gasteiger charge is 2.67. The molecule has 5 atom stereocenters. The minimum absolute atomic E-state index is 0.0331. The van der Waals surface area contributed by atoms with Crippen molar-refractivity contribution in [3.05, 3.63) is 34.9 Å². The SMILES string of the molecule is CCCCCC(=O)OCC(=O)[C@@]1(OC(=O)CCC)CC[C@H]2C3=C(C(O)C[C@@]21C)[C@@]1(C)C=CC(=O)C=C1CC3. The summed E-state index contributed by atoms with van der Waals surface area (Å²) in [6, 6.07) is 0. The molecule has 1 unspecified atom stereocenters. The third-order valence-corrected chi connectivity index (χ3v) is 9.52. The molecule has 7 nitrogen and oxygen atoms in total. The molecule has 38 heavy (non-hydrogen) atoms. The van der Waals surface area contributed by atoms with Crippen molar-refractivity contribution in [2.45, 2.75) is 110 Å². The Morgan fingerprint density at radius 3 is 2.53 bits per heavy atom. The second-order valence-corrected chi connectivity index (χ2v) is 11.9. The molecule has 0 bridgehead atoms. The molecule has 0 aromatic rings. The van der Waals surface area contributed by atoms with Gasteiger partial charge in [0.1, 0.15) is 0 Å². The van der Waals surface area contributed by atoms with Crippen LogP contribution in [0.3, 0.4) is 0 Å². The molecule has 7 heteroatoms. The maximum Gasteiger partial charge on any atom is 0.306 e. The second-order valence-electron chi connectivity index (χ2n) is 11.9. The summed E-state index contributed by atoms with van der Waals surface area (Å²) < 4.78 is 11.5. The lowest BCUT2D eigenvalue weighted by Crippen LogP contribution is -2.59. The highest BCUT2D eigenvalue weighted by atomic mass is 16.6. The van der Waals surface area contributed by atoms with Crippen molar-refractivity contribution in [2.24, 2.45) is 16.7 Å². The van der Waals surface area contributed by atoms with Gasteiger partial charge in [0.15, 0.2) is 18.0 Å². The van der Waals surface area contributed by atoms with Crippen LogP contribution in [0, 0.1) is 16.7 Å². The average Bonchev–Trinajstić information content (AvgIpc) is 3.15. The Bertz CT molecular complexity index is 1100. The van der Waals surface area contributed by atoms with Crippen LogP contribution in [0.5, 0.6) is 0 Å². The summed E-state index contributed by atoms with van der Waals surface area (Å²) in [5, 5.41) is 11.6. The van der Waals surface area contributed by atoms with E-state index in [0.29, 0.717) is 38.5 Å². The Hall–Kier alpha value is -2.54. The average molecular weight is 527 g/mol. The number of aliphatic hydroxyl groups is 1. The summed E-state index contributed by atoms with van der Waals surface area (Å²) in [5.41, 5.74) is 0.199. The molecule has 1 saturated carbocycles. The smallest absolute Gasteiger partial charge is 0.306 e. The number of Topliss-reactive ketones (excluding diaryl/α,β-unsaturated/α-hetero) is 1. The number of carbonyl (C=O) groups excluding carboxylic acids is 4. The molecule has 0 amide bonds. The summed E-state index contributed by atoms with van der Waals surface area (Å²) in [5.74, 6) is -1.37. The van der Waals surface area contributed by atoms with Crippen LogP contribution in [0.2, 0.25) is 0 Å². The standard InChI is InChI=1S/C31H42O7/c1-5-7-8-10-26(35)37-19-25(34)31(38-27(36)9-6-2)16-14-23-22-12-11-20-17-21(32)13-15-29(20,3)28(22)24(33)18-30(23,31)4/h13,15,17,23-24,33H,5-12,14,16,18-19H2,1-4H3/t23-,24?,29-,30-,31-/m0/s1. The summed E-state index contributed by atoms with van der Waals surface area (Å²) in [6.07, 6.45) is 10.5. The maximum atomic E-state index is 13.9. The monoisotopic (exact) mass is 526 g/mol. The van der Waals surface area contributed by atoms with E-state index >= 15 is 0 Å². The van der Waals surface area contributed by atoms with Gasteiger partial charge in [0.05, 0.1) is 6.10 Å². The molecule has 0 aromatic carbocycles. The minimum Gasteiger partial charge on any atom is -0.457 e. The predicted molar refractivity (Wildman–Crippen MR) is 142 cm³/mol. The van der Waals surface area contributed by atoms with Crippen LogP contribution in [0.4, 0.5) is 0 Å². The quantitative estimate of drug-likeness (QED) is 0.240.